The van der Waals surface area contributed by atoms with Crippen LogP contribution >= 0.6 is 0 Å². The molecule has 120 valence electrons. The molecule has 0 radical (unpaired) electrons. The van der Waals surface area contributed by atoms with Crippen LogP contribution in [0.3, 0.4) is 0 Å². The summed E-state index contributed by atoms with van der Waals surface area (Å²) >= 11 is 0. The second kappa shape index (κ2) is 6.57. The number of carbonyl (C=O) groups is 1. The zero-order valence-electron chi connectivity index (χ0n) is 13.7. The summed E-state index contributed by atoms with van der Waals surface area (Å²) < 4.78 is 10.2. The van der Waals surface area contributed by atoms with Crippen LogP contribution in [0, 0.1) is 11.3 Å². The van der Waals surface area contributed by atoms with Crippen molar-refractivity contribution in [2.24, 2.45) is 5.73 Å². The quantitative estimate of drug-likeness (QED) is 0.867. The van der Waals surface area contributed by atoms with Crippen molar-refractivity contribution in [2.75, 3.05) is 7.11 Å². The first kappa shape index (κ1) is 16.6. The highest BCUT2D eigenvalue weighted by Crippen LogP contribution is 2.39. The molecule has 0 saturated heterocycles. The van der Waals surface area contributed by atoms with Gasteiger partial charge in [-0.15, -0.1) is 0 Å². The lowest BCUT2D eigenvalue weighted by Crippen LogP contribution is -2.25. The van der Waals surface area contributed by atoms with Crippen LogP contribution in [0.15, 0.2) is 47.1 Å². The molecule has 1 aromatic carbocycles. The van der Waals surface area contributed by atoms with Gasteiger partial charge >= 0.3 is 5.97 Å². The van der Waals surface area contributed by atoms with E-state index in [0.717, 1.165) is 5.56 Å². The molecule has 5 heteroatoms. The molecule has 0 amide bonds. The van der Waals surface area contributed by atoms with Gasteiger partial charge in [0.25, 0.3) is 0 Å². The van der Waals surface area contributed by atoms with Crippen molar-refractivity contribution in [1.82, 2.24) is 0 Å². The molecule has 1 aliphatic rings. The minimum Gasteiger partial charge on any atom is -0.466 e. The lowest BCUT2D eigenvalue weighted by molar-refractivity contribution is -0.136. The summed E-state index contributed by atoms with van der Waals surface area (Å²) in [4.78, 5) is 12.2. The van der Waals surface area contributed by atoms with Gasteiger partial charge in [0.05, 0.1) is 18.6 Å². The average molecular weight is 312 g/mol. The predicted molar refractivity (Wildman–Crippen MR) is 85.9 cm³/mol. The van der Waals surface area contributed by atoms with Crippen LogP contribution in [-0.4, -0.2) is 13.1 Å². The monoisotopic (exact) mass is 312 g/mol. The lowest BCUT2D eigenvalue weighted by atomic mass is 9.82. The molecule has 0 unspecified atom stereocenters. The van der Waals surface area contributed by atoms with Gasteiger partial charge in [-0.1, -0.05) is 38.1 Å². The molecule has 0 spiro atoms. The van der Waals surface area contributed by atoms with E-state index in [1.807, 2.05) is 24.3 Å². The third kappa shape index (κ3) is 3.07. The number of nitriles is 1. The van der Waals surface area contributed by atoms with E-state index in [-0.39, 0.29) is 11.5 Å². The van der Waals surface area contributed by atoms with E-state index in [1.165, 1.54) is 12.7 Å². The van der Waals surface area contributed by atoms with Crippen LogP contribution in [0.2, 0.25) is 0 Å². The van der Waals surface area contributed by atoms with E-state index in [2.05, 4.69) is 19.9 Å². The Kier molecular flexibility index (Phi) is 4.75. The Bertz CT molecular complexity index is 722. The van der Waals surface area contributed by atoms with Crippen molar-refractivity contribution in [3.05, 3.63) is 58.2 Å². The fraction of sp³-hybridized carbons (Fsp3) is 0.333. The van der Waals surface area contributed by atoms with Gasteiger partial charge in [-0.3, -0.25) is 0 Å². The second-order valence-electron chi connectivity index (χ2n) is 5.71. The van der Waals surface area contributed by atoms with Crippen molar-refractivity contribution in [3.63, 3.8) is 0 Å². The van der Waals surface area contributed by atoms with E-state index >= 15 is 0 Å². The van der Waals surface area contributed by atoms with Crippen molar-refractivity contribution in [2.45, 2.75) is 32.6 Å². The second-order valence-corrected chi connectivity index (χ2v) is 5.71. The number of carbonyl (C=O) groups excluding carboxylic acids is 1. The zero-order chi connectivity index (χ0) is 17.1. The summed E-state index contributed by atoms with van der Waals surface area (Å²) in [7, 11) is 1.30. The molecule has 0 saturated carbocycles. The van der Waals surface area contributed by atoms with E-state index in [0.29, 0.717) is 17.3 Å². The summed E-state index contributed by atoms with van der Waals surface area (Å²) in [6.07, 6.45) is 0. The van der Waals surface area contributed by atoms with Crippen molar-refractivity contribution < 1.29 is 14.3 Å². The number of esters is 1. The van der Waals surface area contributed by atoms with Crippen LogP contribution in [0.1, 0.15) is 43.7 Å². The highest BCUT2D eigenvalue weighted by atomic mass is 16.5. The maximum atomic E-state index is 12.2. The smallest absolute Gasteiger partial charge is 0.338 e. The molecule has 0 aromatic heterocycles. The van der Waals surface area contributed by atoms with E-state index in [4.69, 9.17) is 15.2 Å². The number of methoxy groups -OCH3 is 1. The predicted octanol–water partition coefficient (Wildman–Crippen LogP) is 3.06. The first-order chi connectivity index (χ1) is 10.9. The lowest BCUT2D eigenvalue weighted by Gasteiger charge is -2.26. The molecule has 23 heavy (non-hydrogen) atoms. The third-order valence-electron chi connectivity index (χ3n) is 3.95. The van der Waals surface area contributed by atoms with Gasteiger partial charge in [0.15, 0.2) is 0 Å². The molecule has 5 nitrogen and oxygen atoms in total. The van der Waals surface area contributed by atoms with Crippen LogP contribution < -0.4 is 5.73 Å². The van der Waals surface area contributed by atoms with Crippen molar-refractivity contribution in [1.29, 1.82) is 5.26 Å². The van der Waals surface area contributed by atoms with Crippen molar-refractivity contribution >= 4 is 5.97 Å². The number of hydrogen-bond donors (Lipinski definition) is 1. The minimum absolute atomic E-state index is 0.0237. The van der Waals surface area contributed by atoms with Gasteiger partial charge in [-0.25, -0.2) is 4.79 Å². The summed E-state index contributed by atoms with van der Waals surface area (Å²) in [5.74, 6) is -0.336. The number of allylic oxidation sites excluding steroid dienone is 2. The number of benzene rings is 1. The van der Waals surface area contributed by atoms with E-state index in [1.54, 1.807) is 6.92 Å². The van der Waals surface area contributed by atoms with Crippen LogP contribution in [0.5, 0.6) is 0 Å². The molecule has 1 heterocycles. The molecular formula is C18H20N2O3. The van der Waals surface area contributed by atoms with Crippen LogP contribution in [0.4, 0.5) is 0 Å². The summed E-state index contributed by atoms with van der Waals surface area (Å²) in [6.45, 7) is 5.85. The van der Waals surface area contributed by atoms with Gasteiger partial charge in [-0.05, 0) is 24.0 Å². The molecule has 2 N–H and O–H groups in total. The Morgan fingerprint density at radius 2 is 1.96 bits per heavy atom. The van der Waals surface area contributed by atoms with E-state index in [9.17, 15) is 10.1 Å². The Morgan fingerprint density at radius 1 is 1.35 bits per heavy atom. The standard InChI is InChI=1S/C18H20N2O3/c1-10(2)12-5-7-13(8-6-12)16-14(9-19)17(20)23-11(3)15(16)18(21)22-4/h5-8,10,16H,20H2,1-4H3/t16-/m0/s1. The summed E-state index contributed by atoms with van der Waals surface area (Å²) in [5, 5.41) is 9.45. The minimum atomic E-state index is -0.581. The van der Waals surface area contributed by atoms with Gasteiger partial charge < -0.3 is 15.2 Å². The van der Waals surface area contributed by atoms with Gasteiger partial charge in [0.2, 0.25) is 5.88 Å². The maximum absolute atomic E-state index is 12.2. The maximum Gasteiger partial charge on any atom is 0.338 e. The number of rotatable bonds is 3. The molecule has 2 rings (SSSR count). The van der Waals surface area contributed by atoms with Gasteiger partial charge in [0.1, 0.15) is 17.4 Å². The Morgan fingerprint density at radius 3 is 2.43 bits per heavy atom. The van der Waals surface area contributed by atoms with Gasteiger partial charge in [-0.2, -0.15) is 5.26 Å². The largest absolute Gasteiger partial charge is 0.466 e. The van der Waals surface area contributed by atoms with Crippen molar-refractivity contribution in [3.8, 4) is 6.07 Å². The molecular weight excluding hydrogens is 292 g/mol. The highest BCUT2D eigenvalue weighted by Gasteiger charge is 2.35. The molecule has 0 bridgehead atoms. The Labute approximate surface area is 136 Å². The number of nitrogens with zero attached hydrogens (tertiary/aromatic N) is 1. The van der Waals surface area contributed by atoms with E-state index < -0.39 is 11.9 Å². The van der Waals surface area contributed by atoms with Crippen LogP contribution in [-0.2, 0) is 14.3 Å². The summed E-state index contributed by atoms with van der Waals surface area (Å²) in [5.41, 5.74) is 8.34. The molecule has 1 aromatic rings. The first-order valence-electron chi connectivity index (χ1n) is 7.37. The fourth-order valence-corrected chi connectivity index (χ4v) is 2.66. The number of nitrogens with two attached hydrogens (primary N) is 1. The number of hydrogen-bond acceptors (Lipinski definition) is 5. The normalized spacial score (nSPS) is 17.8. The highest BCUT2D eigenvalue weighted by molar-refractivity contribution is 5.92. The Hall–Kier alpha value is -2.74. The zero-order valence-corrected chi connectivity index (χ0v) is 13.7. The average Bonchev–Trinajstić information content (AvgIpc) is 2.53. The SMILES string of the molecule is COC(=O)C1=C(C)OC(N)=C(C#N)[C@@H]1c1ccc(C(C)C)cc1. The first-order valence-corrected chi connectivity index (χ1v) is 7.37. The summed E-state index contributed by atoms with van der Waals surface area (Å²) in [6, 6.07) is 9.86. The molecule has 0 fully saturated rings. The fourth-order valence-electron chi connectivity index (χ4n) is 2.66. The Balaban J connectivity index is 2.58. The van der Waals surface area contributed by atoms with Gasteiger partial charge in [0, 0.05) is 0 Å². The topological polar surface area (TPSA) is 85.3 Å². The molecule has 0 aliphatic carbocycles. The molecule has 1 aliphatic heterocycles. The molecule has 1 atom stereocenters. The third-order valence-corrected chi connectivity index (χ3v) is 3.95. The number of ether oxygens (including phenoxy) is 2. The van der Waals surface area contributed by atoms with Crippen LogP contribution in [0.25, 0.3) is 0 Å².